The number of rotatable bonds is 7. The van der Waals surface area contributed by atoms with E-state index in [1.54, 1.807) is 18.2 Å². The highest BCUT2D eigenvalue weighted by atomic mass is 32.2. The van der Waals surface area contributed by atoms with Crippen LogP contribution in [0.15, 0.2) is 59.5 Å². The number of amides is 1. The summed E-state index contributed by atoms with van der Waals surface area (Å²) in [5.74, 6) is -1.45. The summed E-state index contributed by atoms with van der Waals surface area (Å²) in [6.45, 7) is -0.626. The first kappa shape index (κ1) is 19.4. The Kier molecular flexibility index (Phi) is 6.31. The Morgan fingerprint density at radius 2 is 1.81 bits per heavy atom. The van der Waals surface area contributed by atoms with Gasteiger partial charge < -0.3 is 15.2 Å². The van der Waals surface area contributed by atoms with Crippen molar-refractivity contribution < 1.29 is 27.9 Å². The number of aliphatic hydroxyl groups is 1. The molecular formula is C17H18N2O6S. The fourth-order valence-corrected chi connectivity index (χ4v) is 3.17. The molecule has 3 N–H and O–H groups in total. The molecular weight excluding hydrogens is 360 g/mol. The molecule has 0 aliphatic rings. The van der Waals surface area contributed by atoms with Gasteiger partial charge >= 0.3 is 5.97 Å². The zero-order valence-electron chi connectivity index (χ0n) is 13.9. The molecule has 26 heavy (non-hydrogen) atoms. The van der Waals surface area contributed by atoms with Gasteiger partial charge in [-0.15, -0.1) is 0 Å². The molecule has 0 unspecified atom stereocenters. The zero-order valence-corrected chi connectivity index (χ0v) is 14.7. The topological polar surface area (TPSA) is 122 Å². The SMILES string of the molecule is COC(=O)[C@@H](CO)NC(=O)c1cccc(NS(=O)(=O)c2ccccc2)c1. The van der Waals surface area contributed by atoms with E-state index in [9.17, 15) is 18.0 Å². The molecule has 1 amide bonds. The molecule has 0 spiro atoms. The summed E-state index contributed by atoms with van der Waals surface area (Å²) in [4.78, 5) is 23.7. The molecule has 0 fully saturated rings. The third-order valence-corrected chi connectivity index (χ3v) is 4.80. The standard InChI is InChI=1S/C17H18N2O6S/c1-25-17(22)15(11-20)18-16(21)12-6-5-7-13(10-12)19-26(23,24)14-8-3-2-4-9-14/h2-10,15,19-20H,11H2,1H3,(H,18,21)/t15-/m1/s1. The van der Waals surface area contributed by atoms with E-state index in [0.29, 0.717) is 0 Å². The van der Waals surface area contributed by atoms with E-state index in [2.05, 4.69) is 14.8 Å². The quantitative estimate of drug-likeness (QED) is 0.611. The summed E-state index contributed by atoms with van der Waals surface area (Å²) in [5.41, 5.74) is 0.292. The van der Waals surface area contributed by atoms with Crippen molar-refractivity contribution in [3.05, 3.63) is 60.2 Å². The molecule has 2 rings (SSSR count). The Hall–Kier alpha value is -2.91. The maximum absolute atomic E-state index is 12.3. The summed E-state index contributed by atoms with van der Waals surface area (Å²) in [7, 11) is -2.66. The lowest BCUT2D eigenvalue weighted by molar-refractivity contribution is -0.143. The average molecular weight is 378 g/mol. The van der Waals surface area contributed by atoms with Crippen molar-refractivity contribution in [2.24, 2.45) is 0 Å². The number of carbonyl (C=O) groups excluding carboxylic acids is 2. The number of carbonyl (C=O) groups is 2. The molecule has 2 aromatic rings. The van der Waals surface area contributed by atoms with Crippen LogP contribution >= 0.6 is 0 Å². The van der Waals surface area contributed by atoms with Gasteiger partial charge in [0.1, 0.15) is 0 Å². The first-order chi connectivity index (χ1) is 12.4. The number of nitrogens with one attached hydrogen (secondary N) is 2. The second-order valence-corrected chi connectivity index (χ2v) is 6.91. The number of anilines is 1. The molecule has 0 aromatic heterocycles. The minimum Gasteiger partial charge on any atom is -0.467 e. The van der Waals surface area contributed by atoms with Crippen LogP contribution in [0.25, 0.3) is 0 Å². The van der Waals surface area contributed by atoms with Gasteiger partial charge in [0.25, 0.3) is 15.9 Å². The normalized spacial score (nSPS) is 12.1. The summed E-state index contributed by atoms with van der Waals surface area (Å²) in [6, 6.07) is 12.3. The van der Waals surface area contributed by atoms with Gasteiger partial charge in [-0.1, -0.05) is 24.3 Å². The number of methoxy groups -OCH3 is 1. The molecule has 0 heterocycles. The molecule has 0 aliphatic heterocycles. The van der Waals surface area contributed by atoms with E-state index >= 15 is 0 Å². The molecule has 8 nitrogen and oxygen atoms in total. The number of hydrogen-bond acceptors (Lipinski definition) is 6. The number of hydrogen-bond donors (Lipinski definition) is 3. The summed E-state index contributed by atoms with van der Waals surface area (Å²) in [6.07, 6.45) is 0. The third kappa shape index (κ3) is 4.80. The van der Waals surface area contributed by atoms with Gasteiger partial charge in [0.2, 0.25) is 0 Å². The lowest BCUT2D eigenvalue weighted by Gasteiger charge is -2.14. The van der Waals surface area contributed by atoms with Crippen molar-refractivity contribution >= 4 is 27.6 Å². The second kappa shape index (κ2) is 8.45. The molecule has 0 saturated carbocycles. The molecule has 0 radical (unpaired) electrons. The van der Waals surface area contributed by atoms with E-state index < -0.39 is 34.5 Å². The molecule has 138 valence electrons. The Morgan fingerprint density at radius 1 is 1.12 bits per heavy atom. The predicted molar refractivity (Wildman–Crippen MR) is 94.0 cm³/mol. The minimum absolute atomic E-state index is 0.0842. The van der Waals surface area contributed by atoms with E-state index in [0.717, 1.165) is 7.11 Å². The Labute approximate surface area is 150 Å². The van der Waals surface area contributed by atoms with Crippen LogP contribution in [0, 0.1) is 0 Å². The van der Waals surface area contributed by atoms with Gasteiger partial charge in [-0.25, -0.2) is 13.2 Å². The Balaban J connectivity index is 2.17. The Bertz CT molecular complexity index is 883. The second-order valence-electron chi connectivity index (χ2n) is 5.23. The van der Waals surface area contributed by atoms with E-state index in [4.69, 9.17) is 5.11 Å². The highest BCUT2D eigenvalue weighted by Gasteiger charge is 2.21. The van der Waals surface area contributed by atoms with Crippen LogP contribution < -0.4 is 10.0 Å². The van der Waals surface area contributed by atoms with Crippen LogP contribution in [0.5, 0.6) is 0 Å². The first-order valence-corrected chi connectivity index (χ1v) is 9.03. The highest BCUT2D eigenvalue weighted by molar-refractivity contribution is 7.92. The van der Waals surface area contributed by atoms with Crippen molar-refractivity contribution in [1.82, 2.24) is 5.32 Å². The maximum Gasteiger partial charge on any atom is 0.330 e. The lowest BCUT2D eigenvalue weighted by Crippen LogP contribution is -2.44. The molecule has 0 bridgehead atoms. The predicted octanol–water partition coefficient (Wildman–Crippen LogP) is 0.751. The van der Waals surface area contributed by atoms with E-state index in [1.807, 2.05) is 0 Å². The van der Waals surface area contributed by atoms with Crippen LogP contribution in [0.2, 0.25) is 0 Å². The zero-order chi connectivity index (χ0) is 19.2. The van der Waals surface area contributed by atoms with Crippen LogP contribution in [0.3, 0.4) is 0 Å². The van der Waals surface area contributed by atoms with Crippen molar-refractivity contribution in [1.29, 1.82) is 0 Å². The molecule has 1 atom stereocenters. The summed E-state index contributed by atoms with van der Waals surface area (Å²) in [5, 5.41) is 11.5. The molecule has 2 aromatic carbocycles. The summed E-state index contributed by atoms with van der Waals surface area (Å²) < 4.78 is 31.5. The van der Waals surface area contributed by atoms with Crippen LogP contribution in [-0.4, -0.2) is 45.2 Å². The minimum atomic E-state index is -3.80. The third-order valence-electron chi connectivity index (χ3n) is 3.40. The highest BCUT2D eigenvalue weighted by Crippen LogP contribution is 2.17. The van der Waals surface area contributed by atoms with Crippen molar-refractivity contribution in [3.8, 4) is 0 Å². The fourth-order valence-electron chi connectivity index (χ4n) is 2.10. The number of benzene rings is 2. The van der Waals surface area contributed by atoms with Gasteiger partial charge in [0, 0.05) is 11.3 Å². The van der Waals surface area contributed by atoms with Gasteiger partial charge in [-0.05, 0) is 30.3 Å². The van der Waals surface area contributed by atoms with Gasteiger partial charge in [-0.3, -0.25) is 9.52 Å². The van der Waals surface area contributed by atoms with Crippen LogP contribution in [0.1, 0.15) is 10.4 Å². The van der Waals surface area contributed by atoms with Crippen molar-refractivity contribution in [2.75, 3.05) is 18.4 Å². The van der Waals surface area contributed by atoms with E-state index in [1.165, 1.54) is 36.4 Å². The largest absolute Gasteiger partial charge is 0.467 e. The van der Waals surface area contributed by atoms with Gasteiger partial charge in [-0.2, -0.15) is 0 Å². The van der Waals surface area contributed by atoms with Gasteiger partial charge in [0.15, 0.2) is 6.04 Å². The van der Waals surface area contributed by atoms with Crippen molar-refractivity contribution in [2.45, 2.75) is 10.9 Å². The van der Waals surface area contributed by atoms with Crippen molar-refractivity contribution in [3.63, 3.8) is 0 Å². The number of sulfonamides is 1. The van der Waals surface area contributed by atoms with Gasteiger partial charge in [0.05, 0.1) is 18.6 Å². The average Bonchev–Trinajstić information content (AvgIpc) is 2.65. The lowest BCUT2D eigenvalue weighted by atomic mass is 10.2. The van der Waals surface area contributed by atoms with E-state index in [-0.39, 0.29) is 16.1 Å². The Morgan fingerprint density at radius 3 is 2.42 bits per heavy atom. The molecule has 0 saturated heterocycles. The van der Waals surface area contributed by atoms with Crippen LogP contribution in [-0.2, 0) is 19.6 Å². The maximum atomic E-state index is 12.3. The summed E-state index contributed by atoms with van der Waals surface area (Å²) >= 11 is 0. The number of esters is 1. The molecule has 9 heteroatoms. The number of aliphatic hydroxyl groups excluding tert-OH is 1. The smallest absolute Gasteiger partial charge is 0.330 e. The van der Waals surface area contributed by atoms with Crippen LogP contribution in [0.4, 0.5) is 5.69 Å². The monoisotopic (exact) mass is 378 g/mol. The first-order valence-electron chi connectivity index (χ1n) is 7.55. The molecule has 0 aliphatic carbocycles. The number of ether oxygens (including phenoxy) is 1. The fraction of sp³-hybridized carbons (Fsp3) is 0.176.